The second-order valence-corrected chi connectivity index (χ2v) is 4.97. The van der Waals surface area contributed by atoms with Gasteiger partial charge in [0.1, 0.15) is 0 Å². The minimum atomic E-state index is -0.0961. The summed E-state index contributed by atoms with van der Waals surface area (Å²) in [5, 5.41) is 12.6. The third-order valence-corrected chi connectivity index (χ3v) is 4.27. The highest BCUT2D eigenvalue weighted by molar-refractivity contribution is 9.09. The molecule has 0 spiro atoms. The van der Waals surface area contributed by atoms with Gasteiger partial charge >= 0.3 is 0 Å². The minimum absolute atomic E-state index is 0.0836. The lowest BCUT2D eigenvalue weighted by Crippen LogP contribution is -2.54. The third kappa shape index (κ3) is 2.50. The number of hydrogen-bond donors (Lipinski definition) is 1. The van der Waals surface area contributed by atoms with E-state index in [4.69, 9.17) is 5.26 Å². The fraction of sp³-hybridized carbons (Fsp3) is 0.385. The largest absolute Gasteiger partial charge is 0.346 e. The van der Waals surface area contributed by atoms with Gasteiger partial charge in [0.2, 0.25) is 0 Å². The van der Waals surface area contributed by atoms with Crippen molar-refractivity contribution < 1.29 is 4.79 Å². The quantitative estimate of drug-likeness (QED) is 0.871. The van der Waals surface area contributed by atoms with E-state index < -0.39 is 0 Å². The van der Waals surface area contributed by atoms with E-state index in [0.717, 1.165) is 24.6 Å². The molecule has 1 aromatic carbocycles. The monoisotopic (exact) mass is 292 g/mol. The number of carbonyl (C=O) groups excluding carboxylic acids is 1. The van der Waals surface area contributed by atoms with Crippen molar-refractivity contribution in [1.82, 2.24) is 5.32 Å². The zero-order valence-electron chi connectivity index (χ0n) is 9.37. The number of nitriles is 1. The van der Waals surface area contributed by atoms with Crippen molar-refractivity contribution in [3.05, 3.63) is 35.4 Å². The first-order chi connectivity index (χ1) is 8.19. The Hall–Kier alpha value is -1.34. The van der Waals surface area contributed by atoms with E-state index in [1.54, 1.807) is 24.3 Å². The van der Waals surface area contributed by atoms with Gasteiger partial charge in [-0.15, -0.1) is 0 Å². The Morgan fingerprint density at radius 3 is 2.82 bits per heavy atom. The number of nitrogens with one attached hydrogen (secondary N) is 1. The van der Waals surface area contributed by atoms with Crippen LogP contribution in [0.3, 0.4) is 0 Å². The van der Waals surface area contributed by atoms with Crippen LogP contribution in [0.25, 0.3) is 0 Å². The molecule has 88 valence electrons. The number of benzene rings is 1. The molecule has 1 aromatic rings. The fourth-order valence-corrected chi connectivity index (χ4v) is 2.64. The molecule has 0 radical (unpaired) electrons. The van der Waals surface area contributed by atoms with Crippen molar-refractivity contribution in [3.8, 4) is 6.07 Å². The van der Waals surface area contributed by atoms with Crippen molar-refractivity contribution in [3.63, 3.8) is 0 Å². The summed E-state index contributed by atoms with van der Waals surface area (Å²) >= 11 is 3.45. The van der Waals surface area contributed by atoms with E-state index in [-0.39, 0.29) is 11.4 Å². The average molecular weight is 293 g/mol. The van der Waals surface area contributed by atoms with Gasteiger partial charge in [-0.05, 0) is 37.5 Å². The highest BCUT2D eigenvalue weighted by Crippen LogP contribution is 2.33. The summed E-state index contributed by atoms with van der Waals surface area (Å²) in [6.07, 6.45) is 3.19. The number of hydrogen-bond acceptors (Lipinski definition) is 2. The van der Waals surface area contributed by atoms with Gasteiger partial charge in [-0.1, -0.05) is 22.0 Å². The van der Waals surface area contributed by atoms with Crippen LogP contribution in [0.15, 0.2) is 24.3 Å². The molecular formula is C13H13BrN2O. The lowest BCUT2D eigenvalue weighted by Gasteiger charge is -2.41. The number of carbonyl (C=O) groups is 1. The summed E-state index contributed by atoms with van der Waals surface area (Å²) in [7, 11) is 0. The van der Waals surface area contributed by atoms with Crippen LogP contribution in [0.5, 0.6) is 0 Å². The summed E-state index contributed by atoms with van der Waals surface area (Å²) in [6.45, 7) is 0. The molecular weight excluding hydrogens is 280 g/mol. The van der Waals surface area contributed by atoms with Crippen LogP contribution in [-0.2, 0) is 0 Å². The van der Waals surface area contributed by atoms with E-state index >= 15 is 0 Å². The predicted octanol–water partition coefficient (Wildman–Crippen LogP) is 2.61. The summed E-state index contributed by atoms with van der Waals surface area (Å²) in [5.41, 5.74) is 0.982. The maximum absolute atomic E-state index is 12.0. The Morgan fingerprint density at radius 1 is 1.53 bits per heavy atom. The van der Waals surface area contributed by atoms with Crippen LogP contribution in [0, 0.1) is 11.3 Å². The highest BCUT2D eigenvalue weighted by Gasteiger charge is 2.37. The Balaban J connectivity index is 2.12. The maximum atomic E-state index is 12.0. The minimum Gasteiger partial charge on any atom is -0.346 e. The Bertz CT molecular complexity index is 469. The topological polar surface area (TPSA) is 52.9 Å². The molecule has 1 aliphatic rings. The second kappa shape index (κ2) is 4.89. The summed E-state index contributed by atoms with van der Waals surface area (Å²) in [6, 6.07) is 8.82. The Morgan fingerprint density at radius 2 is 2.29 bits per heavy atom. The highest BCUT2D eigenvalue weighted by atomic mass is 79.9. The molecule has 4 heteroatoms. The number of halogens is 1. The van der Waals surface area contributed by atoms with Gasteiger partial charge in [0.15, 0.2) is 0 Å². The first kappa shape index (κ1) is 12.1. The summed E-state index contributed by atoms with van der Waals surface area (Å²) in [4.78, 5) is 12.0. The molecule has 0 aromatic heterocycles. The van der Waals surface area contributed by atoms with Crippen molar-refractivity contribution in [2.45, 2.75) is 24.8 Å². The molecule has 2 rings (SSSR count). The molecule has 0 saturated heterocycles. The van der Waals surface area contributed by atoms with Crippen molar-refractivity contribution in [1.29, 1.82) is 5.26 Å². The third-order valence-electron chi connectivity index (χ3n) is 3.20. The zero-order chi connectivity index (χ0) is 12.3. The lowest BCUT2D eigenvalue weighted by molar-refractivity contribution is 0.0856. The van der Waals surface area contributed by atoms with Crippen molar-refractivity contribution in [2.75, 3.05) is 5.33 Å². The van der Waals surface area contributed by atoms with Gasteiger partial charge in [-0.3, -0.25) is 4.79 Å². The van der Waals surface area contributed by atoms with E-state index in [1.165, 1.54) is 0 Å². The molecule has 17 heavy (non-hydrogen) atoms. The van der Waals surface area contributed by atoms with Gasteiger partial charge < -0.3 is 5.32 Å². The van der Waals surface area contributed by atoms with Crippen LogP contribution in [-0.4, -0.2) is 16.8 Å². The van der Waals surface area contributed by atoms with Crippen LogP contribution in [0.2, 0.25) is 0 Å². The van der Waals surface area contributed by atoms with E-state index in [0.29, 0.717) is 11.1 Å². The average Bonchev–Trinajstić information content (AvgIpc) is 2.33. The van der Waals surface area contributed by atoms with Gasteiger partial charge in [0, 0.05) is 10.9 Å². The molecule has 0 heterocycles. The molecule has 0 aliphatic heterocycles. The fourth-order valence-electron chi connectivity index (χ4n) is 1.94. The first-order valence-corrected chi connectivity index (χ1v) is 6.70. The van der Waals surface area contributed by atoms with Gasteiger partial charge in [0.05, 0.1) is 17.2 Å². The normalized spacial score (nSPS) is 16.7. The maximum Gasteiger partial charge on any atom is 0.251 e. The van der Waals surface area contributed by atoms with E-state index in [2.05, 4.69) is 21.2 Å². The molecule has 1 N–H and O–H groups in total. The SMILES string of the molecule is N#Cc1cccc(C(=O)NC2(CBr)CCC2)c1. The number of alkyl halides is 1. The van der Waals surface area contributed by atoms with Crippen LogP contribution >= 0.6 is 15.9 Å². The van der Waals surface area contributed by atoms with Crippen molar-refractivity contribution >= 4 is 21.8 Å². The van der Waals surface area contributed by atoms with Crippen molar-refractivity contribution in [2.24, 2.45) is 0 Å². The number of nitrogens with zero attached hydrogens (tertiary/aromatic N) is 1. The number of amides is 1. The predicted molar refractivity (Wildman–Crippen MR) is 69.0 cm³/mol. The first-order valence-electron chi connectivity index (χ1n) is 5.58. The molecule has 1 fully saturated rings. The summed E-state index contributed by atoms with van der Waals surface area (Å²) in [5.74, 6) is -0.0961. The van der Waals surface area contributed by atoms with Crippen LogP contribution < -0.4 is 5.32 Å². The smallest absolute Gasteiger partial charge is 0.251 e. The lowest BCUT2D eigenvalue weighted by atomic mass is 9.78. The van der Waals surface area contributed by atoms with Crippen LogP contribution in [0.4, 0.5) is 0 Å². The molecule has 1 aliphatic carbocycles. The van der Waals surface area contributed by atoms with Gasteiger partial charge in [-0.25, -0.2) is 0 Å². The molecule has 1 saturated carbocycles. The Kier molecular flexibility index (Phi) is 3.49. The number of rotatable bonds is 3. The zero-order valence-corrected chi connectivity index (χ0v) is 11.0. The molecule has 0 bridgehead atoms. The molecule has 1 amide bonds. The van der Waals surface area contributed by atoms with Crippen LogP contribution in [0.1, 0.15) is 35.2 Å². The molecule has 3 nitrogen and oxygen atoms in total. The molecule has 0 unspecified atom stereocenters. The second-order valence-electron chi connectivity index (χ2n) is 4.41. The van der Waals surface area contributed by atoms with E-state index in [9.17, 15) is 4.79 Å². The molecule has 0 atom stereocenters. The van der Waals surface area contributed by atoms with Gasteiger partial charge in [-0.2, -0.15) is 5.26 Å². The van der Waals surface area contributed by atoms with E-state index in [1.807, 2.05) is 6.07 Å². The van der Waals surface area contributed by atoms with Gasteiger partial charge in [0.25, 0.3) is 5.91 Å². The standard InChI is InChI=1S/C13H13BrN2O/c14-9-13(5-2-6-13)16-12(17)11-4-1-3-10(7-11)8-15/h1,3-4,7H,2,5-6,9H2,(H,16,17). The summed E-state index contributed by atoms with van der Waals surface area (Å²) < 4.78 is 0. The Labute approximate surface area is 109 Å².